The molecule has 4 heteroatoms. The van der Waals surface area contributed by atoms with Crippen molar-refractivity contribution in [1.29, 1.82) is 0 Å². The Bertz CT molecular complexity index is 475. The van der Waals surface area contributed by atoms with Gasteiger partial charge in [-0.25, -0.2) is 4.98 Å². The van der Waals surface area contributed by atoms with Gasteiger partial charge in [0.25, 0.3) is 5.91 Å². The number of carbonyl (C=O) groups is 1. The summed E-state index contributed by atoms with van der Waals surface area (Å²) >= 11 is 1.35. The van der Waals surface area contributed by atoms with Gasteiger partial charge in [0.05, 0.1) is 4.88 Å². The average molecular weight is 192 g/mol. The zero-order valence-corrected chi connectivity index (χ0v) is 7.89. The largest absolute Gasteiger partial charge is 0.365 e. The van der Waals surface area contributed by atoms with Crippen LogP contribution in [0.4, 0.5) is 0 Å². The molecule has 0 aliphatic carbocycles. The number of pyridine rings is 1. The van der Waals surface area contributed by atoms with Crippen LogP contribution < -0.4 is 5.73 Å². The summed E-state index contributed by atoms with van der Waals surface area (Å²) in [7, 11) is 0. The van der Waals surface area contributed by atoms with Crippen molar-refractivity contribution in [3.63, 3.8) is 0 Å². The Labute approximate surface area is 79.2 Å². The molecule has 0 aromatic carbocycles. The van der Waals surface area contributed by atoms with Gasteiger partial charge in [-0.05, 0) is 18.6 Å². The van der Waals surface area contributed by atoms with Crippen molar-refractivity contribution in [3.05, 3.63) is 28.8 Å². The number of nitrogens with two attached hydrogens (primary N) is 1. The average Bonchev–Trinajstić information content (AvgIpc) is 2.45. The van der Waals surface area contributed by atoms with Gasteiger partial charge >= 0.3 is 0 Å². The predicted molar refractivity (Wildman–Crippen MR) is 52.9 cm³/mol. The van der Waals surface area contributed by atoms with E-state index in [1.165, 1.54) is 11.3 Å². The molecule has 66 valence electrons. The highest BCUT2D eigenvalue weighted by Gasteiger charge is 2.12. The second-order valence-electron chi connectivity index (χ2n) is 2.78. The minimum atomic E-state index is -0.375. The van der Waals surface area contributed by atoms with Gasteiger partial charge < -0.3 is 5.73 Å². The molecule has 2 N–H and O–H groups in total. The fraction of sp³-hybridized carbons (Fsp3) is 0.111. The lowest BCUT2D eigenvalue weighted by Crippen LogP contribution is -2.09. The van der Waals surface area contributed by atoms with Crippen LogP contribution in [0.2, 0.25) is 0 Å². The topological polar surface area (TPSA) is 56.0 Å². The SMILES string of the molecule is Cc1c(C(N)=O)sc2ncccc12. The Kier molecular flexibility index (Phi) is 1.77. The number of aryl methyl sites for hydroxylation is 1. The van der Waals surface area contributed by atoms with E-state index in [0.717, 1.165) is 15.8 Å². The van der Waals surface area contributed by atoms with E-state index in [0.29, 0.717) is 4.88 Å². The third kappa shape index (κ3) is 1.19. The zero-order valence-electron chi connectivity index (χ0n) is 7.07. The predicted octanol–water partition coefficient (Wildman–Crippen LogP) is 1.70. The first-order valence-electron chi connectivity index (χ1n) is 3.84. The highest BCUT2D eigenvalue weighted by molar-refractivity contribution is 7.20. The van der Waals surface area contributed by atoms with E-state index < -0.39 is 0 Å². The lowest BCUT2D eigenvalue weighted by atomic mass is 10.2. The van der Waals surface area contributed by atoms with E-state index in [1.807, 2.05) is 19.1 Å². The number of rotatable bonds is 1. The summed E-state index contributed by atoms with van der Waals surface area (Å²) in [6, 6.07) is 3.80. The third-order valence-electron chi connectivity index (χ3n) is 1.94. The molecule has 0 saturated carbocycles. The summed E-state index contributed by atoms with van der Waals surface area (Å²) < 4.78 is 0. The molecule has 0 bridgehead atoms. The molecule has 2 heterocycles. The van der Waals surface area contributed by atoms with Gasteiger partial charge in [-0.2, -0.15) is 0 Å². The van der Waals surface area contributed by atoms with Crippen LogP contribution in [0.15, 0.2) is 18.3 Å². The first-order valence-corrected chi connectivity index (χ1v) is 4.65. The number of amides is 1. The molecule has 0 atom stereocenters. The van der Waals surface area contributed by atoms with Gasteiger partial charge in [-0.1, -0.05) is 6.07 Å². The molecule has 0 spiro atoms. The fourth-order valence-corrected chi connectivity index (χ4v) is 2.29. The van der Waals surface area contributed by atoms with Crippen molar-refractivity contribution in [1.82, 2.24) is 4.98 Å². The van der Waals surface area contributed by atoms with Gasteiger partial charge in [-0.15, -0.1) is 11.3 Å². The van der Waals surface area contributed by atoms with Gasteiger partial charge in [0.15, 0.2) is 0 Å². The summed E-state index contributed by atoms with van der Waals surface area (Å²) in [4.78, 5) is 16.6. The zero-order chi connectivity index (χ0) is 9.42. The summed E-state index contributed by atoms with van der Waals surface area (Å²) in [6.45, 7) is 1.89. The van der Waals surface area contributed by atoms with Gasteiger partial charge in [0, 0.05) is 11.6 Å². The minimum Gasteiger partial charge on any atom is -0.365 e. The lowest BCUT2D eigenvalue weighted by molar-refractivity contribution is 0.100. The monoisotopic (exact) mass is 192 g/mol. The third-order valence-corrected chi connectivity index (χ3v) is 3.17. The van der Waals surface area contributed by atoms with E-state index in [4.69, 9.17) is 5.73 Å². The first-order chi connectivity index (χ1) is 6.20. The van der Waals surface area contributed by atoms with Crippen LogP contribution in [0.3, 0.4) is 0 Å². The van der Waals surface area contributed by atoms with Crippen LogP contribution in [-0.4, -0.2) is 10.9 Å². The number of aromatic nitrogens is 1. The Morgan fingerprint density at radius 1 is 1.62 bits per heavy atom. The molecule has 0 aliphatic rings. The molecular formula is C9H8N2OS. The molecule has 2 aromatic heterocycles. The minimum absolute atomic E-state index is 0.375. The normalized spacial score (nSPS) is 10.5. The summed E-state index contributed by atoms with van der Waals surface area (Å²) in [5, 5.41) is 1.02. The molecular weight excluding hydrogens is 184 g/mol. The van der Waals surface area contributed by atoms with Crippen molar-refractivity contribution in [3.8, 4) is 0 Å². The number of carbonyl (C=O) groups excluding carboxylic acids is 1. The Balaban J connectivity index is 2.81. The van der Waals surface area contributed by atoms with Crippen LogP contribution in [0.25, 0.3) is 10.2 Å². The van der Waals surface area contributed by atoms with Crippen molar-refractivity contribution in [2.24, 2.45) is 5.73 Å². The molecule has 1 amide bonds. The van der Waals surface area contributed by atoms with E-state index in [1.54, 1.807) is 6.20 Å². The Hall–Kier alpha value is -1.42. The van der Waals surface area contributed by atoms with Crippen LogP contribution in [0.1, 0.15) is 15.2 Å². The molecule has 0 unspecified atom stereocenters. The summed E-state index contributed by atoms with van der Waals surface area (Å²) in [5.41, 5.74) is 6.15. The molecule has 0 saturated heterocycles. The van der Waals surface area contributed by atoms with Crippen molar-refractivity contribution >= 4 is 27.5 Å². The van der Waals surface area contributed by atoms with E-state index in [-0.39, 0.29) is 5.91 Å². The van der Waals surface area contributed by atoms with Crippen molar-refractivity contribution in [2.45, 2.75) is 6.92 Å². The number of hydrogen-bond acceptors (Lipinski definition) is 3. The van der Waals surface area contributed by atoms with Gasteiger partial charge in [-0.3, -0.25) is 4.79 Å². The second-order valence-corrected chi connectivity index (χ2v) is 3.78. The molecule has 0 radical (unpaired) electrons. The van der Waals surface area contributed by atoms with Crippen molar-refractivity contribution < 1.29 is 4.79 Å². The number of thiophene rings is 1. The molecule has 3 nitrogen and oxygen atoms in total. The van der Waals surface area contributed by atoms with Crippen LogP contribution >= 0.6 is 11.3 Å². The number of hydrogen-bond donors (Lipinski definition) is 1. The van der Waals surface area contributed by atoms with E-state index in [9.17, 15) is 4.79 Å². The highest BCUT2D eigenvalue weighted by Crippen LogP contribution is 2.28. The smallest absolute Gasteiger partial charge is 0.259 e. The molecule has 13 heavy (non-hydrogen) atoms. The Morgan fingerprint density at radius 3 is 3.00 bits per heavy atom. The van der Waals surface area contributed by atoms with E-state index in [2.05, 4.69) is 4.98 Å². The summed E-state index contributed by atoms with van der Waals surface area (Å²) in [5.74, 6) is -0.375. The maximum absolute atomic E-state index is 11.0. The quantitative estimate of drug-likeness (QED) is 0.747. The maximum Gasteiger partial charge on any atom is 0.259 e. The number of primary amides is 1. The van der Waals surface area contributed by atoms with E-state index >= 15 is 0 Å². The van der Waals surface area contributed by atoms with Crippen LogP contribution in [0, 0.1) is 6.92 Å². The number of fused-ring (bicyclic) bond motifs is 1. The Morgan fingerprint density at radius 2 is 2.38 bits per heavy atom. The molecule has 2 aromatic rings. The van der Waals surface area contributed by atoms with Gasteiger partial charge in [0.1, 0.15) is 4.83 Å². The maximum atomic E-state index is 11.0. The van der Waals surface area contributed by atoms with Crippen LogP contribution in [-0.2, 0) is 0 Å². The first kappa shape index (κ1) is 8.19. The lowest BCUT2D eigenvalue weighted by Gasteiger charge is -1.90. The van der Waals surface area contributed by atoms with Crippen molar-refractivity contribution in [2.75, 3.05) is 0 Å². The standard InChI is InChI=1S/C9H8N2OS/c1-5-6-3-2-4-11-9(6)13-7(5)8(10)12/h2-4H,1H3,(H2,10,12). The second kappa shape index (κ2) is 2.81. The number of nitrogens with zero attached hydrogens (tertiary/aromatic N) is 1. The summed E-state index contributed by atoms with van der Waals surface area (Å²) in [6.07, 6.45) is 1.71. The molecule has 0 aliphatic heterocycles. The van der Waals surface area contributed by atoms with Gasteiger partial charge in [0.2, 0.25) is 0 Å². The molecule has 0 fully saturated rings. The highest BCUT2D eigenvalue weighted by atomic mass is 32.1. The fourth-order valence-electron chi connectivity index (χ4n) is 1.29. The van der Waals surface area contributed by atoms with Crippen LogP contribution in [0.5, 0.6) is 0 Å². The molecule has 2 rings (SSSR count).